The number of halogens is 1. The van der Waals surface area contributed by atoms with E-state index in [1.54, 1.807) is 0 Å². The van der Waals surface area contributed by atoms with Crippen molar-refractivity contribution in [2.45, 2.75) is 19.4 Å². The first kappa shape index (κ1) is 9.51. The quantitative estimate of drug-likeness (QED) is 0.835. The van der Waals surface area contributed by atoms with Gasteiger partial charge in [0.25, 0.3) is 0 Å². The van der Waals surface area contributed by atoms with Gasteiger partial charge in [-0.25, -0.2) is 4.98 Å². The molecule has 14 heavy (non-hydrogen) atoms. The first-order valence-corrected chi connectivity index (χ1v) is 5.18. The Morgan fingerprint density at radius 3 is 3.14 bits per heavy atom. The van der Waals surface area contributed by atoms with Crippen molar-refractivity contribution in [2.75, 3.05) is 11.9 Å². The van der Waals surface area contributed by atoms with Crippen LogP contribution in [0.3, 0.4) is 0 Å². The van der Waals surface area contributed by atoms with E-state index in [9.17, 15) is 4.79 Å². The number of rotatable bonds is 2. The van der Waals surface area contributed by atoms with Crippen molar-refractivity contribution in [1.82, 2.24) is 9.55 Å². The molecule has 6 heteroatoms. The predicted octanol–water partition coefficient (Wildman–Crippen LogP) is 1.09. The third kappa shape index (κ3) is 1.61. The van der Waals surface area contributed by atoms with Gasteiger partial charge in [-0.2, -0.15) is 0 Å². The van der Waals surface area contributed by atoms with Gasteiger partial charge in [0.15, 0.2) is 0 Å². The van der Waals surface area contributed by atoms with Crippen molar-refractivity contribution in [3.63, 3.8) is 0 Å². The lowest BCUT2D eigenvalue weighted by Gasteiger charge is -2.15. The van der Waals surface area contributed by atoms with Gasteiger partial charge in [0.2, 0.25) is 5.95 Å². The number of carboxylic acids is 1. The molecule has 1 aliphatic rings. The highest BCUT2D eigenvalue weighted by Gasteiger charge is 2.18. The van der Waals surface area contributed by atoms with Crippen LogP contribution in [-0.2, 0) is 17.8 Å². The molecule has 2 heterocycles. The molecule has 0 unspecified atom stereocenters. The highest BCUT2D eigenvalue weighted by molar-refractivity contribution is 9.10. The second-order valence-corrected chi connectivity index (χ2v) is 3.93. The lowest BCUT2D eigenvalue weighted by atomic mass is 10.3. The van der Waals surface area contributed by atoms with Crippen LogP contribution in [0.1, 0.15) is 12.1 Å². The maximum Gasteiger partial charge on any atom is 0.309 e. The number of carboxylic acid groups (broad SMARTS) is 1. The Labute approximate surface area is 89.3 Å². The summed E-state index contributed by atoms with van der Waals surface area (Å²) in [6, 6.07) is 0. The molecule has 2 N–H and O–H groups in total. The predicted molar refractivity (Wildman–Crippen MR) is 54.4 cm³/mol. The maximum atomic E-state index is 10.5. The summed E-state index contributed by atoms with van der Waals surface area (Å²) in [5, 5.41) is 11.8. The van der Waals surface area contributed by atoms with Gasteiger partial charge in [-0.05, 0) is 22.4 Å². The van der Waals surface area contributed by atoms with Crippen molar-refractivity contribution >= 4 is 27.8 Å². The molecule has 0 radical (unpaired) electrons. The summed E-state index contributed by atoms with van der Waals surface area (Å²) < 4.78 is 2.74. The fourth-order valence-corrected chi connectivity index (χ4v) is 2.09. The van der Waals surface area contributed by atoms with Gasteiger partial charge < -0.3 is 15.0 Å². The van der Waals surface area contributed by atoms with Gasteiger partial charge in [0.05, 0.1) is 12.1 Å². The number of nitrogens with zero attached hydrogens (tertiary/aromatic N) is 2. The summed E-state index contributed by atoms with van der Waals surface area (Å²) in [6.45, 7) is 1.78. The maximum absolute atomic E-state index is 10.5. The molecule has 0 atom stereocenters. The molecule has 0 aromatic carbocycles. The molecule has 1 aliphatic heterocycles. The third-order valence-corrected chi connectivity index (χ3v) is 3.02. The van der Waals surface area contributed by atoms with Gasteiger partial charge in [-0.15, -0.1) is 0 Å². The highest BCUT2D eigenvalue weighted by atomic mass is 79.9. The number of aromatic nitrogens is 2. The summed E-state index contributed by atoms with van der Waals surface area (Å²) in [5.41, 5.74) is 0.585. The minimum Gasteiger partial charge on any atom is -0.481 e. The Bertz CT molecular complexity index is 375. The van der Waals surface area contributed by atoms with E-state index in [4.69, 9.17) is 5.11 Å². The van der Waals surface area contributed by atoms with Gasteiger partial charge in [-0.1, -0.05) is 0 Å². The van der Waals surface area contributed by atoms with Crippen LogP contribution < -0.4 is 5.32 Å². The second kappa shape index (κ2) is 3.61. The molecule has 0 saturated carbocycles. The van der Waals surface area contributed by atoms with Crippen LogP contribution in [0.15, 0.2) is 4.60 Å². The van der Waals surface area contributed by atoms with Gasteiger partial charge in [-0.3, -0.25) is 4.79 Å². The zero-order valence-corrected chi connectivity index (χ0v) is 9.04. The van der Waals surface area contributed by atoms with E-state index < -0.39 is 5.97 Å². The van der Waals surface area contributed by atoms with Gasteiger partial charge >= 0.3 is 5.97 Å². The summed E-state index contributed by atoms with van der Waals surface area (Å²) in [6.07, 6.45) is 0.997. The number of hydrogen-bond acceptors (Lipinski definition) is 3. The van der Waals surface area contributed by atoms with Gasteiger partial charge in [0.1, 0.15) is 4.60 Å². The summed E-state index contributed by atoms with van der Waals surface area (Å²) >= 11 is 3.36. The van der Waals surface area contributed by atoms with E-state index in [0.29, 0.717) is 5.69 Å². The Morgan fingerprint density at radius 2 is 2.50 bits per heavy atom. The summed E-state index contributed by atoms with van der Waals surface area (Å²) in [7, 11) is 0. The topological polar surface area (TPSA) is 67.1 Å². The average Bonchev–Trinajstić information content (AvgIpc) is 2.44. The van der Waals surface area contributed by atoms with Crippen LogP contribution in [0.25, 0.3) is 0 Å². The molecular formula is C8H10BrN3O2. The fourth-order valence-electron chi connectivity index (χ4n) is 1.52. The molecule has 2 rings (SSSR count). The first-order valence-electron chi connectivity index (χ1n) is 4.39. The molecular weight excluding hydrogens is 250 g/mol. The average molecular weight is 260 g/mol. The Hall–Kier alpha value is -1.04. The number of aliphatic carboxylic acids is 1. The third-order valence-electron chi connectivity index (χ3n) is 2.13. The number of anilines is 1. The normalized spacial score (nSPS) is 14.6. The number of hydrogen-bond donors (Lipinski definition) is 2. The molecule has 1 aromatic heterocycles. The van der Waals surface area contributed by atoms with E-state index in [0.717, 1.165) is 30.1 Å². The fraction of sp³-hybridized carbons (Fsp3) is 0.500. The standard InChI is InChI=1S/C8H10BrN3O2/c9-7-5(4-6(13)14)11-8-10-2-1-3-12(7)8/h1-4H2,(H,10,11)(H,13,14). The molecule has 0 aliphatic carbocycles. The van der Waals surface area contributed by atoms with E-state index in [1.807, 2.05) is 4.57 Å². The molecule has 0 bridgehead atoms. The number of carbonyl (C=O) groups is 1. The Kier molecular flexibility index (Phi) is 2.45. The molecule has 0 saturated heterocycles. The lowest BCUT2D eigenvalue weighted by Crippen LogP contribution is -2.17. The van der Waals surface area contributed by atoms with E-state index >= 15 is 0 Å². The number of nitrogens with one attached hydrogen (secondary N) is 1. The SMILES string of the molecule is O=C(O)Cc1nc2n(c1Br)CCCN2. The van der Waals surface area contributed by atoms with Crippen LogP contribution >= 0.6 is 15.9 Å². The van der Waals surface area contributed by atoms with Crippen molar-refractivity contribution < 1.29 is 9.90 Å². The first-order chi connectivity index (χ1) is 6.68. The van der Waals surface area contributed by atoms with Crippen LogP contribution in [0.5, 0.6) is 0 Å². The highest BCUT2D eigenvalue weighted by Crippen LogP contribution is 2.25. The van der Waals surface area contributed by atoms with E-state index in [1.165, 1.54) is 0 Å². The van der Waals surface area contributed by atoms with Gasteiger partial charge in [0, 0.05) is 13.1 Å². The Morgan fingerprint density at radius 1 is 1.71 bits per heavy atom. The van der Waals surface area contributed by atoms with Crippen LogP contribution in [0.2, 0.25) is 0 Å². The molecule has 5 nitrogen and oxygen atoms in total. The molecule has 0 spiro atoms. The minimum atomic E-state index is -0.860. The Balaban J connectivity index is 2.33. The molecule has 76 valence electrons. The second-order valence-electron chi connectivity index (χ2n) is 3.18. The minimum absolute atomic E-state index is 0.0394. The lowest BCUT2D eigenvalue weighted by molar-refractivity contribution is -0.136. The zero-order chi connectivity index (χ0) is 10.1. The van der Waals surface area contributed by atoms with E-state index in [-0.39, 0.29) is 6.42 Å². The summed E-state index contributed by atoms with van der Waals surface area (Å²) in [4.78, 5) is 14.8. The largest absolute Gasteiger partial charge is 0.481 e. The monoisotopic (exact) mass is 259 g/mol. The number of fused-ring (bicyclic) bond motifs is 1. The van der Waals surface area contributed by atoms with E-state index in [2.05, 4.69) is 26.2 Å². The van der Waals surface area contributed by atoms with Crippen LogP contribution in [0.4, 0.5) is 5.95 Å². The smallest absolute Gasteiger partial charge is 0.309 e. The molecule has 1 aromatic rings. The zero-order valence-electron chi connectivity index (χ0n) is 7.46. The van der Waals surface area contributed by atoms with Crippen LogP contribution in [-0.4, -0.2) is 27.2 Å². The van der Waals surface area contributed by atoms with Crippen LogP contribution in [0, 0.1) is 0 Å². The van der Waals surface area contributed by atoms with Crippen molar-refractivity contribution in [2.24, 2.45) is 0 Å². The molecule has 0 amide bonds. The molecule has 0 fully saturated rings. The number of imidazole rings is 1. The summed E-state index contributed by atoms with van der Waals surface area (Å²) in [5.74, 6) is -0.0967. The van der Waals surface area contributed by atoms with Crippen molar-refractivity contribution in [3.8, 4) is 0 Å². The van der Waals surface area contributed by atoms with Crippen molar-refractivity contribution in [3.05, 3.63) is 10.3 Å². The van der Waals surface area contributed by atoms with Crippen molar-refractivity contribution in [1.29, 1.82) is 0 Å².